The van der Waals surface area contributed by atoms with Crippen molar-refractivity contribution in [2.24, 2.45) is 0 Å². The molecule has 4 nitrogen and oxygen atoms in total. The molecule has 0 aliphatic carbocycles. The SMILES string of the molecule is CCNC(CCO)CN1CCCC(N(C)C)C1. The van der Waals surface area contributed by atoms with E-state index in [0.717, 1.165) is 19.5 Å². The highest BCUT2D eigenvalue weighted by Crippen LogP contribution is 2.14. The summed E-state index contributed by atoms with van der Waals surface area (Å²) in [5, 5.41) is 12.5. The molecule has 102 valence electrons. The highest BCUT2D eigenvalue weighted by molar-refractivity contribution is 4.81. The van der Waals surface area contributed by atoms with Crippen molar-refractivity contribution in [2.45, 2.75) is 38.3 Å². The Balaban J connectivity index is 2.37. The highest BCUT2D eigenvalue weighted by atomic mass is 16.3. The largest absolute Gasteiger partial charge is 0.396 e. The van der Waals surface area contributed by atoms with Crippen LogP contribution < -0.4 is 5.32 Å². The molecule has 1 fully saturated rings. The number of aliphatic hydroxyl groups is 1. The zero-order valence-electron chi connectivity index (χ0n) is 11.7. The van der Waals surface area contributed by atoms with Crippen molar-refractivity contribution < 1.29 is 5.11 Å². The Morgan fingerprint density at radius 3 is 2.82 bits per heavy atom. The third kappa shape index (κ3) is 5.34. The summed E-state index contributed by atoms with van der Waals surface area (Å²) < 4.78 is 0. The number of likely N-dealkylation sites (N-methyl/N-ethyl adjacent to an activating group) is 2. The van der Waals surface area contributed by atoms with Gasteiger partial charge >= 0.3 is 0 Å². The molecule has 1 saturated heterocycles. The second kappa shape index (κ2) is 8.03. The summed E-state index contributed by atoms with van der Waals surface area (Å²) in [6.45, 7) is 6.83. The molecule has 0 saturated carbocycles. The van der Waals surface area contributed by atoms with Gasteiger partial charge in [0, 0.05) is 31.8 Å². The normalized spacial score (nSPS) is 24.2. The van der Waals surface area contributed by atoms with Gasteiger partial charge in [-0.3, -0.25) is 0 Å². The molecule has 0 bridgehead atoms. The van der Waals surface area contributed by atoms with Gasteiger partial charge in [-0.25, -0.2) is 0 Å². The van der Waals surface area contributed by atoms with Crippen LogP contribution in [0.15, 0.2) is 0 Å². The Morgan fingerprint density at radius 1 is 1.47 bits per heavy atom. The fourth-order valence-electron chi connectivity index (χ4n) is 2.63. The van der Waals surface area contributed by atoms with Crippen LogP contribution in [0.25, 0.3) is 0 Å². The van der Waals surface area contributed by atoms with E-state index in [0.29, 0.717) is 12.1 Å². The molecule has 4 heteroatoms. The van der Waals surface area contributed by atoms with E-state index in [4.69, 9.17) is 5.11 Å². The smallest absolute Gasteiger partial charge is 0.0446 e. The molecule has 1 aliphatic heterocycles. The number of hydrogen-bond donors (Lipinski definition) is 2. The summed E-state index contributed by atoms with van der Waals surface area (Å²) in [6, 6.07) is 1.13. The first-order valence-electron chi connectivity index (χ1n) is 6.90. The molecule has 0 amide bonds. The number of nitrogens with zero attached hydrogens (tertiary/aromatic N) is 2. The van der Waals surface area contributed by atoms with E-state index in [1.54, 1.807) is 0 Å². The van der Waals surface area contributed by atoms with Gasteiger partial charge < -0.3 is 20.2 Å². The van der Waals surface area contributed by atoms with Crippen LogP contribution in [-0.4, -0.2) is 73.9 Å². The zero-order valence-corrected chi connectivity index (χ0v) is 11.7. The Labute approximate surface area is 106 Å². The molecule has 2 atom stereocenters. The predicted molar refractivity (Wildman–Crippen MR) is 72.3 cm³/mol. The molecular weight excluding hydrogens is 214 g/mol. The van der Waals surface area contributed by atoms with Crippen LogP contribution in [-0.2, 0) is 0 Å². The second-order valence-corrected chi connectivity index (χ2v) is 5.29. The van der Waals surface area contributed by atoms with Crippen LogP contribution >= 0.6 is 0 Å². The van der Waals surface area contributed by atoms with Crippen molar-refractivity contribution >= 4 is 0 Å². The Morgan fingerprint density at radius 2 is 2.24 bits per heavy atom. The minimum atomic E-state index is 0.280. The topological polar surface area (TPSA) is 38.7 Å². The summed E-state index contributed by atoms with van der Waals surface area (Å²) in [7, 11) is 4.34. The molecule has 17 heavy (non-hydrogen) atoms. The Hall–Kier alpha value is -0.160. The van der Waals surface area contributed by atoms with E-state index in [9.17, 15) is 0 Å². The molecule has 1 aliphatic rings. The first-order chi connectivity index (χ1) is 8.17. The van der Waals surface area contributed by atoms with Gasteiger partial charge in [0.05, 0.1) is 0 Å². The van der Waals surface area contributed by atoms with E-state index in [-0.39, 0.29) is 6.61 Å². The van der Waals surface area contributed by atoms with Crippen LogP contribution in [0, 0.1) is 0 Å². The zero-order chi connectivity index (χ0) is 12.7. The summed E-state index contributed by atoms with van der Waals surface area (Å²) in [4.78, 5) is 4.87. The fraction of sp³-hybridized carbons (Fsp3) is 1.00. The molecule has 0 radical (unpaired) electrons. The van der Waals surface area contributed by atoms with E-state index < -0.39 is 0 Å². The lowest BCUT2D eigenvalue weighted by Crippen LogP contribution is -2.49. The monoisotopic (exact) mass is 243 g/mol. The van der Waals surface area contributed by atoms with Crippen LogP contribution in [0.4, 0.5) is 0 Å². The van der Waals surface area contributed by atoms with Gasteiger partial charge in [0.2, 0.25) is 0 Å². The van der Waals surface area contributed by atoms with Gasteiger partial charge in [-0.2, -0.15) is 0 Å². The minimum Gasteiger partial charge on any atom is -0.396 e. The van der Waals surface area contributed by atoms with Crippen molar-refractivity contribution in [1.29, 1.82) is 0 Å². The number of likely N-dealkylation sites (tertiary alicyclic amines) is 1. The molecule has 0 spiro atoms. The number of hydrogen-bond acceptors (Lipinski definition) is 4. The van der Waals surface area contributed by atoms with Crippen LogP contribution in [0.5, 0.6) is 0 Å². The first-order valence-corrected chi connectivity index (χ1v) is 6.90. The fourth-order valence-corrected chi connectivity index (χ4v) is 2.63. The number of piperidine rings is 1. The van der Waals surface area contributed by atoms with Gasteiger partial charge in [-0.1, -0.05) is 6.92 Å². The summed E-state index contributed by atoms with van der Waals surface area (Å²) >= 11 is 0. The average Bonchev–Trinajstić information content (AvgIpc) is 2.30. The quantitative estimate of drug-likeness (QED) is 0.678. The summed E-state index contributed by atoms with van der Waals surface area (Å²) in [6.07, 6.45) is 3.47. The molecule has 2 unspecified atom stereocenters. The maximum atomic E-state index is 9.07. The summed E-state index contributed by atoms with van der Waals surface area (Å²) in [5.41, 5.74) is 0. The van der Waals surface area contributed by atoms with Crippen molar-refractivity contribution in [1.82, 2.24) is 15.1 Å². The Kier molecular flexibility index (Phi) is 7.04. The molecule has 0 aromatic heterocycles. The van der Waals surface area contributed by atoms with Crippen LogP contribution in [0.2, 0.25) is 0 Å². The molecule has 2 N–H and O–H groups in total. The number of aliphatic hydroxyl groups excluding tert-OH is 1. The lowest BCUT2D eigenvalue weighted by Gasteiger charge is -2.37. The third-order valence-corrected chi connectivity index (χ3v) is 3.66. The minimum absolute atomic E-state index is 0.280. The third-order valence-electron chi connectivity index (χ3n) is 3.66. The van der Waals surface area contributed by atoms with Gasteiger partial charge in [0.1, 0.15) is 0 Å². The molecule has 0 aromatic rings. The van der Waals surface area contributed by atoms with Crippen LogP contribution in [0.3, 0.4) is 0 Å². The van der Waals surface area contributed by atoms with Gasteiger partial charge in [0.25, 0.3) is 0 Å². The molecule has 1 rings (SSSR count). The molecule has 0 aromatic carbocycles. The van der Waals surface area contributed by atoms with Crippen LogP contribution in [0.1, 0.15) is 26.2 Å². The summed E-state index contributed by atoms with van der Waals surface area (Å²) in [5.74, 6) is 0. The maximum absolute atomic E-state index is 9.07. The second-order valence-electron chi connectivity index (χ2n) is 5.29. The lowest BCUT2D eigenvalue weighted by molar-refractivity contribution is 0.118. The first kappa shape index (κ1) is 14.9. The number of rotatable bonds is 7. The van der Waals surface area contributed by atoms with E-state index >= 15 is 0 Å². The lowest BCUT2D eigenvalue weighted by atomic mass is 10.0. The Bertz CT molecular complexity index is 193. The molecule has 1 heterocycles. The average molecular weight is 243 g/mol. The van der Waals surface area contributed by atoms with Gasteiger partial charge in [-0.05, 0) is 46.4 Å². The van der Waals surface area contributed by atoms with Gasteiger partial charge in [-0.15, -0.1) is 0 Å². The van der Waals surface area contributed by atoms with Gasteiger partial charge in [0.15, 0.2) is 0 Å². The maximum Gasteiger partial charge on any atom is 0.0446 e. The van der Waals surface area contributed by atoms with Crippen molar-refractivity contribution in [3.05, 3.63) is 0 Å². The predicted octanol–water partition coefficient (Wildman–Crippen LogP) is 0.373. The molecular formula is C13H29N3O. The van der Waals surface area contributed by atoms with E-state index in [1.165, 1.54) is 25.9 Å². The van der Waals surface area contributed by atoms with E-state index in [1.807, 2.05) is 0 Å². The standard InChI is InChI=1S/C13H29N3O/c1-4-14-12(7-9-17)10-16-8-5-6-13(11-16)15(2)3/h12-14,17H,4-11H2,1-3H3. The van der Waals surface area contributed by atoms with E-state index in [2.05, 4.69) is 36.1 Å². The highest BCUT2D eigenvalue weighted by Gasteiger charge is 2.22. The van der Waals surface area contributed by atoms with Crippen molar-refractivity contribution in [3.8, 4) is 0 Å². The number of nitrogens with one attached hydrogen (secondary N) is 1. The van der Waals surface area contributed by atoms with Crippen molar-refractivity contribution in [2.75, 3.05) is 46.9 Å². The van der Waals surface area contributed by atoms with Crippen molar-refractivity contribution in [3.63, 3.8) is 0 Å².